The van der Waals surface area contributed by atoms with Gasteiger partial charge in [0.1, 0.15) is 11.2 Å². The van der Waals surface area contributed by atoms with Crippen molar-refractivity contribution in [2.75, 3.05) is 0 Å². The Morgan fingerprint density at radius 2 is 0.977 bits per heavy atom. The Labute approximate surface area is 248 Å². The van der Waals surface area contributed by atoms with E-state index in [9.17, 15) is 35.9 Å². The summed E-state index contributed by atoms with van der Waals surface area (Å²) < 4.78 is 86.0. The number of hydrogen-bond donors (Lipinski definition) is 0. The van der Waals surface area contributed by atoms with Crippen molar-refractivity contribution in [3.05, 3.63) is 71.3 Å². The summed E-state index contributed by atoms with van der Waals surface area (Å²) in [4.78, 5) is 38.1. The molecule has 0 saturated carbocycles. The fourth-order valence-electron chi connectivity index (χ4n) is 3.69. The predicted molar refractivity (Wildman–Crippen MR) is 148 cm³/mol. The van der Waals surface area contributed by atoms with Gasteiger partial charge in [0.05, 0.1) is 47.3 Å². The number of esters is 2. The van der Waals surface area contributed by atoms with Gasteiger partial charge in [-0.15, -0.1) is 0 Å². The molecule has 0 aliphatic carbocycles. The molecule has 0 amide bonds. The van der Waals surface area contributed by atoms with Gasteiger partial charge in [0, 0.05) is 0 Å². The highest BCUT2D eigenvalue weighted by atomic mass is 19.4. The molecule has 44 heavy (non-hydrogen) atoms. The third-order valence-electron chi connectivity index (χ3n) is 5.33. The SMILES string of the molecule is CC(C)(C)OC(=O)Cc1ccc2nc(C(F)(F)F)cnc2c1.CC(C)(C)OC(=O)Cc1ccc2ncc(C(F)(F)F)nc2c1. The van der Waals surface area contributed by atoms with Gasteiger partial charge in [-0.05, 0) is 76.9 Å². The van der Waals surface area contributed by atoms with Crippen LogP contribution >= 0.6 is 0 Å². The number of halogens is 6. The monoisotopic (exact) mass is 624 g/mol. The maximum Gasteiger partial charge on any atom is 0.434 e. The molecule has 8 nitrogen and oxygen atoms in total. The van der Waals surface area contributed by atoms with Crippen LogP contribution in [0.25, 0.3) is 22.1 Å². The number of hydrogen-bond acceptors (Lipinski definition) is 8. The van der Waals surface area contributed by atoms with Gasteiger partial charge in [-0.3, -0.25) is 19.6 Å². The largest absolute Gasteiger partial charge is 0.460 e. The molecule has 2 heterocycles. The molecule has 236 valence electrons. The van der Waals surface area contributed by atoms with Crippen LogP contribution in [0.1, 0.15) is 64.1 Å². The maximum atomic E-state index is 12.6. The number of benzene rings is 2. The molecule has 0 saturated heterocycles. The lowest BCUT2D eigenvalue weighted by molar-refractivity contribution is -0.155. The maximum absolute atomic E-state index is 12.6. The first-order valence-electron chi connectivity index (χ1n) is 13.2. The van der Waals surface area contributed by atoms with Gasteiger partial charge in [0.2, 0.25) is 0 Å². The van der Waals surface area contributed by atoms with Crippen molar-refractivity contribution >= 4 is 34.0 Å². The predicted octanol–water partition coefficient (Wildman–Crippen LogP) is 7.07. The van der Waals surface area contributed by atoms with Gasteiger partial charge in [0.25, 0.3) is 0 Å². The minimum atomic E-state index is -4.55. The molecule has 0 bridgehead atoms. The van der Waals surface area contributed by atoms with Gasteiger partial charge < -0.3 is 9.47 Å². The lowest BCUT2D eigenvalue weighted by Gasteiger charge is -2.19. The Morgan fingerprint density at radius 1 is 0.591 bits per heavy atom. The molecule has 2 aromatic heterocycles. The van der Waals surface area contributed by atoms with Crippen molar-refractivity contribution in [2.24, 2.45) is 0 Å². The topological polar surface area (TPSA) is 104 Å². The first kappa shape index (κ1) is 34.1. The highest BCUT2D eigenvalue weighted by Gasteiger charge is 2.34. The Hall–Kier alpha value is -4.36. The van der Waals surface area contributed by atoms with Gasteiger partial charge in [-0.1, -0.05) is 12.1 Å². The second-order valence-corrected chi connectivity index (χ2v) is 11.7. The number of aromatic nitrogens is 4. The molecule has 0 fully saturated rings. The summed E-state index contributed by atoms with van der Waals surface area (Å²) in [6.07, 6.45) is -7.73. The van der Waals surface area contributed by atoms with E-state index < -0.39 is 46.9 Å². The van der Waals surface area contributed by atoms with E-state index in [0.29, 0.717) is 34.6 Å². The van der Waals surface area contributed by atoms with Crippen molar-refractivity contribution in [1.82, 2.24) is 19.9 Å². The minimum absolute atomic E-state index is 0.0237. The van der Waals surface area contributed by atoms with Gasteiger partial charge in [-0.2, -0.15) is 26.3 Å². The minimum Gasteiger partial charge on any atom is -0.460 e. The van der Waals surface area contributed by atoms with Crippen LogP contribution in [-0.2, 0) is 44.3 Å². The Kier molecular flexibility index (Phi) is 9.86. The van der Waals surface area contributed by atoms with Crippen LogP contribution in [0, 0.1) is 0 Å². The van der Waals surface area contributed by atoms with E-state index in [1.165, 1.54) is 24.3 Å². The lowest BCUT2D eigenvalue weighted by Crippen LogP contribution is -2.24. The molecule has 0 unspecified atom stereocenters. The number of fused-ring (bicyclic) bond motifs is 2. The molecule has 0 atom stereocenters. The summed E-state index contributed by atoms with van der Waals surface area (Å²) >= 11 is 0. The van der Waals surface area contributed by atoms with Crippen LogP contribution in [0.15, 0.2) is 48.8 Å². The fourth-order valence-corrected chi connectivity index (χ4v) is 3.69. The zero-order chi connectivity index (χ0) is 33.1. The van der Waals surface area contributed by atoms with E-state index in [0.717, 1.165) is 0 Å². The van der Waals surface area contributed by atoms with Crippen LogP contribution in [0.2, 0.25) is 0 Å². The normalized spacial score (nSPS) is 12.5. The van der Waals surface area contributed by atoms with Crippen molar-refractivity contribution in [3.63, 3.8) is 0 Å². The van der Waals surface area contributed by atoms with Crippen molar-refractivity contribution < 1.29 is 45.4 Å². The molecular formula is C30H30F6N4O4. The van der Waals surface area contributed by atoms with E-state index in [1.807, 2.05) is 0 Å². The van der Waals surface area contributed by atoms with Gasteiger partial charge >= 0.3 is 24.3 Å². The lowest BCUT2D eigenvalue weighted by atomic mass is 10.1. The highest BCUT2D eigenvalue weighted by Crippen LogP contribution is 2.29. The van der Waals surface area contributed by atoms with Crippen molar-refractivity contribution in [1.29, 1.82) is 0 Å². The van der Waals surface area contributed by atoms with Crippen LogP contribution in [0.5, 0.6) is 0 Å². The quantitative estimate of drug-likeness (QED) is 0.176. The first-order chi connectivity index (χ1) is 20.1. The molecule has 4 rings (SSSR count). The fraction of sp³-hybridized carbons (Fsp3) is 0.400. The van der Waals surface area contributed by atoms with E-state index >= 15 is 0 Å². The summed E-state index contributed by atoms with van der Waals surface area (Å²) in [6, 6.07) is 9.06. The van der Waals surface area contributed by atoms with Crippen LogP contribution in [0.4, 0.5) is 26.3 Å². The molecule has 0 aliphatic rings. The van der Waals surface area contributed by atoms with E-state index in [-0.39, 0.29) is 23.9 Å². The third-order valence-corrected chi connectivity index (χ3v) is 5.33. The van der Waals surface area contributed by atoms with Gasteiger partial charge in [-0.25, -0.2) is 9.97 Å². The number of rotatable bonds is 4. The summed E-state index contributed by atoms with van der Waals surface area (Å²) in [5.41, 5.74) is -1.32. The van der Waals surface area contributed by atoms with E-state index in [2.05, 4.69) is 19.9 Å². The Morgan fingerprint density at radius 3 is 1.41 bits per heavy atom. The number of ether oxygens (including phenoxy) is 2. The summed E-state index contributed by atoms with van der Waals surface area (Å²) in [5, 5.41) is 0. The van der Waals surface area contributed by atoms with Crippen molar-refractivity contribution in [3.8, 4) is 0 Å². The standard InChI is InChI=1S/2C15H15F3N2O2/c1-14(2,3)22-13(21)7-9-4-5-10-11(6-9)19-8-12(20-10)15(16,17)18;1-14(2,3)22-13(21)7-9-4-5-10-11(6-9)20-12(8-19-10)15(16,17)18/h2*4-6,8H,7H2,1-3H3. The number of carbonyl (C=O) groups is 2. The Balaban J connectivity index is 0.000000240. The smallest absolute Gasteiger partial charge is 0.434 e. The van der Waals surface area contributed by atoms with Crippen LogP contribution < -0.4 is 0 Å². The summed E-state index contributed by atoms with van der Waals surface area (Å²) in [5.74, 6) is -0.862. The van der Waals surface area contributed by atoms with Gasteiger partial charge in [0.15, 0.2) is 11.4 Å². The third kappa shape index (κ3) is 10.4. The zero-order valence-corrected chi connectivity index (χ0v) is 24.7. The molecule has 4 aromatic rings. The first-order valence-corrected chi connectivity index (χ1v) is 13.2. The van der Waals surface area contributed by atoms with Crippen LogP contribution in [0.3, 0.4) is 0 Å². The molecule has 0 spiro atoms. The number of carbonyl (C=O) groups excluding carboxylic acids is 2. The average Bonchev–Trinajstić information content (AvgIpc) is 2.85. The second kappa shape index (κ2) is 12.7. The molecule has 0 radical (unpaired) electrons. The summed E-state index contributed by atoms with van der Waals surface area (Å²) in [6.45, 7) is 10.5. The number of alkyl halides is 6. The zero-order valence-electron chi connectivity index (χ0n) is 24.7. The van der Waals surface area contributed by atoms with Crippen molar-refractivity contribution in [2.45, 2.75) is 77.9 Å². The Bertz CT molecular complexity index is 1660. The van der Waals surface area contributed by atoms with Crippen LogP contribution in [-0.4, -0.2) is 43.1 Å². The van der Waals surface area contributed by atoms with E-state index in [4.69, 9.17) is 9.47 Å². The summed E-state index contributed by atoms with van der Waals surface area (Å²) in [7, 11) is 0. The second-order valence-electron chi connectivity index (χ2n) is 11.7. The number of nitrogens with zero attached hydrogens (tertiary/aromatic N) is 4. The highest BCUT2D eigenvalue weighted by molar-refractivity contribution is 5.79. The molecule has 14 heteroatoms. The molecule has 0 aliphatic heterocycles. The molecule has 2 aromatic carbocycles. The van der Waals surface area contributed by atoms with E-state index in [1.54, 1.807) is 53.7 Å². The molecular weight excluding hydrogens is 594 g/mol. The molecule has 0 N–H and O–H groups in total. The average molecular weight is 625 g/mol.